The summed E-state index contributed by atoms with van der Waals surface area (Å²) in [5, 5.41) is 13.1. The second-order valence-corrected chi connectivity index (χ2v) is 5.34. The molecule has 0 radical (unpaired) electrons. The lowest BCUT2D eigenvalue weighted by atomic mass is 10.2. The predicted molar refractivity (Wildman–Crippen MR) is 71.5 cm³/mol. The molecular formula is C13H12N2O2S. The number of fused-ring (bicyclic) bond motifs is 1. The van der Waals surface area contributed by atoms with Crippen LogP contribution in [0.2, 0.25) is 0 Å². The van der Waals surface area contributed by atoms with Crippen molar-refractivity contribution in [2.75, 3.05) is 5.75 Å². The number of para-hydroxylation sites is 1. The number of hydrogen-bond donors (Lipinski definition) is 2. The van der Waals surface area contributed by atoms with Crippen LogP contribution in [0.15, 0.2) is 36.4 Å². The van der Waals surface area contributed by atoms with Crippen molar-refractivity contribution in [1.82, 2.24) is 10.3 Å². The normalized spacial score (nSPS) is 23.3. The molecule has 1 aromatic carbocycles. The minimum Gasteiger partial charge on any atom is -0.480 e. The van der Waals surface area contributed by atoms with Crippen LogP contribution < -0.4 is 5.32 Å². The summed E-state index contributed by atoms with van der Waals surface area (Å²) < 4.78 is 0. The van der Waals surface area contributed by atoms with Gasteiger partial charge in [-0.25, -0.2) is 0 Å². The van der Waals surface area contributed by atoms with E-state index in [2.05, 4.69) is 10.3 Å². The van der Waals surface area contributed by atoms with E-state index >= 15 is 0 Å². The van der Waals surface area contributed by atoms with Crippen molar-refractivity contribution in [3.05, 3.63) is 42.1 Å². The highest BCUT2D eigenvalue weighted by Crippen LogP contribution is 2.32. The third kappa shape index (κ3) is 2.07. The van der Waals surface area contributed by atoms with Crippen LogP contribution in [0.1, 0.15) is 11.1 Å². The Morgan fingerprint density at radius 3 is 2.94 bits per heavy atom. The van der Waals surface area contributed by atoms with E-state index in [1.54, 1.807) is 11.8 Å². The zero-order valence-corrected chi connectivity index (χ0v) is 10.4. The quantitative estimate of drug-likeness (QED) is 0.865. The number of hydrogen-bond acceptors (Lipinski definition) is 4. The maximum Gasteiger partial charge on any atom is 0.321 e. The van der Waals surface area contributed by atoms with Crippen LogP contribution in [0.5, 0.6) is 0 Å². The molecule has 1 fully saturated rings. The molecule has 0 spiro atoms. The summed E-state index contributed by atoms with van der Waals surface area (Å²) in [6.45, 7) is 0. The van der Waals surface area contributed by atoms with E-state index in [0.717, 1.165) is 16.6 Å². The summed E-state index contributed by atoms with van der Waals surface area (Å²) in [5.41, 5.74) is 1.83. The van der Waals surface area contributed by atoms with Gasteiger partial charge in [-0.1, -0.05) is 24.3 Å². The van der Waals surface area contributed by atoms with E-state index < -0.39 is 12.0 Å². The third-order valence-corrected chi connectivity index (χ3v) is 4.21. The number of aliphatic carboxylic acids is 1. The number of carboxylic acids is 1. The number of pyridine rings is 1. The van der Waals surface area contributed by atoms with Gasteiger partial charge in [0.25, 0.3) is 0 Å². The van der Waals surface area contributed by atoms with Crippen LogP contribution in [-0.4, -0.2) is 27.9 Å². The zero-order chi connectivity index (χ0) is 12.5. The van der Waals surface area contributed by atoms with Crippen molar-refractivity contribution in [3.63, 3.8) is 0 Å². The zero-order valence-electron chi connectivity index (χ0n) is 9.54. The molecular weight excluding hydrogens is 248 g/mol. The molecule has 1 aliphatic rings. The smallest absolute Gasteiger partial charge is 0.321 e. The van der Waals surface area contributed by atoms with Crippen LogP contribution in [0.4, 0.5) is 0 Å². The average Bonchev–Trinajstić information content (AvgIpc) is 2.88. The van der Waals surface area contributed by atoms with E-state index in [0.29, 0.717) is 5.75 Å². The van der Waals surface area contributed by atoms with E-state index in [1.807, 2.05) is 36.4 Å². The molecule has 0 saturated carbocycles. The van der Waals surface area contributed by atoms with Crippen molar-refractivity contribution in [1.29, 1.82) is 0 Å². The summed E-state index contributed by atoms with van der Waals surface area (Å²) in [6, 6.07) is 11.4. The van der Waals surface area contributed by atoms with Crippen LogP contribution in [-0.2, 0) is 4.79 Å². The van der Waals surface area contributed by atoms with E-state index in [4.69, 9.17) is 5.11 Å². The van der Waals surface area contributed by atoms with Gasteiger partial charge < -0.3 is 5.11 Å². The Labute approximate surface area is 108 Å². The largest absolute Gasteiger partial charge is 0.480 e. The van der Waals surface area contributed by atoms with Gasteiger partial charge in [0.1, 0.15) is 6.04 Å². The molecule has 2 heterocycles. The number of rotatable bonds is 2. The van der Waals surface area contributed by atoms with Crippen molar-refractivity contribution in [2.45, 2.75) is 11.4 Å². The van der Waals surface area contributed by atoms with Gasteiger partial charge in [-0.05, 0) is 12.1 Å². The molecule has 0 amide bonds. The lowest BCUT2D eigenvalue weighted by Gasteiger charge is -2.11. The molecule has 0 aliphatic carbocycles. The van der Waals surface area contributed by atoms with Gasteiger partial charge in [-0.3, -0.25) is 15.1 Å². The summed E-state index contributed by atoms with van der Waals surface area (Å²) in [5.74, 6) is -0.222. The second kappa shape index (κ2) is 4.59. The molecule has 1 aromatic heterocycles. The highest BCUT2D eigenvalue weighted by Gasteiger charge is 2.30. The fourth-order valence-corrected chi connectivity index (χ4v) is 3.20. The lowest BCUT2D eigenvalue weighted by Crippen LogP contribution is -2.33. The summed E-state index contributed by atoms with van der Waals surface area (Å²) in [7, 11) is 0. The molecule has 92 valence electrons. The minimum absolute atomic E-state index is 0.0318. The lowest BCUT2D eigenvalue weighted by molar-refractivity contribution is -0.138. The van der Waals surface area contributed by atoms with Crippen LogP contribution in [0, 0.1) is 0 Å². The Hall–Kier alpha value is -1.59. The summed E-state index contributed by atoms with van der Waals surface area (Å²) in [6.07, 6.45) is 0. The number of nitrogens with one attached hydrogen (secondary N) is 1. The van der Waals surface area contributed by atoms with Crippen LogP contribution in [0.25, 0.3) is 10.9 Å². The predicted octanol–water partition coefficient (Wildman–Crippen LogP) is 2.02. The van der Waals surface area contributed by atoms with E-state index in [1.165, 1.54) is 0 Å². The Morgan fingerprint density at radius 1 is 1.33 bits per heavy atom. The van der Waals surface area contributed by atoms with Gasteiger partial charge in [0.15, 0.2) is 0 Å². The molecule has 1 unspecified atom stereocenters. The van der Waals surface area contributed by atoms with Gasteiger partial charge in [0.2, 0.25) is 0 Å². The number of nitrogens with zero attached hydrogens (tertiary/aromatic N) is 1. The maximum atomic E-state index is 10.9. The van der Waals surface area contributed by atoms with Crippen molar-refractivity contribution in [3.8, 4) is 0 Å². The average molecular weight is 260 g/mol. The van der Waals surface area contributed by atoms with Crippen LogP contribution in [0.3, 0.4) is 0 Å². The van der Waals surface area contributed by atoms with Gasteiger partial charge in [0, 0.05) is 11.1 Å². The first-order valence-corrected chi connectivity index (χ1v) is 6.75. The number of carbonyl (C=O) groups is 1. The first-order valence-electron chi connectivity index (χ1n) is 5.70. The Balaban J connectivity index is 1.89. The highest BCUT2D eigenvalue weighted by atomic mass is 32.2. The minimum atomic E-state index is -0.800. The number of carboxylic acid groups (broad SMARTS) is 1. The van der Waals surface area contributed by atoms with Gasteiger partial charge >= 0.3 is 5.97 Å². The van der Waals surface area contributed by atoms with Crippen LogP contribution >= 0.6 is 11.8 Å². The van der Waals surface area contributed by atoms with Crippen molar-refractivity contribution < 1.29 is 9.90 Å². The SMILES string of the molecule is O=C(O)[C@H]1CSC(c2ccc3ccccc3n2)N1. The molecule has 2 atom stereocenters. The summed E-state index contributed by atoms with van der Waals surface area (Å²) in [4.78, 5) is 15.5. The maximum absolute atomic E-state index is 10.9. The number of benzene rings is 1. The Bertz CT molecular complexity index is 602. The third-order valence-electron chi connectivity index (χ3n) is 2.97. The first kappa shape index (κ1) is 11.5. The van der Waals surface area contributed by atoms with E-state index in [9.17, 15) is 4.79 Å². The summed E-state index contributed by atoms with van der Waals surface area (Å²) >= 11 is 1.59. The molecule has 18 heavy (non-hydrogen) atoms. The van der Waals surface area contributed by atoms with Gasteiger partial charge in [0.05, 0.1) is 16.6 Å². The number of thioether (sulfide) groups is 1. The molecule has 2 N–H and O–H groups in total. The Kier molecular flexibility index (Phi) is 2.93. The van der Waals surface area contributed by atoms with Gasteiger partial charge in [-0.15, -0.1) is 11.8 Å². The molecule has 5 heteroatoms. The molecule has 1 aliphatic heterocycles. The molecule has 0 bridgehead atoms. The topological polar surface area (TPSA) is 62.2 Å². The molecule has 2 aromatic rings. The molecule has 3 rings (SSSR count). The fraction of sp³-hybridized carbons (Fsp3) is 0.231. The van der Waals surface area contributed by atoms with Gasteiger partial charge in [-0.2, -0.15) is 0 Å². The van der Waals surface area contributed by atoms with E-state index in [-0.39, 0.29) is 5.37 Å². The Morgan fingerprint density at radius 2 is 2.17 bits per heavy atom. The first-order chi connectivity index (χ1) is 8.74. The van der Waals surface area contributed by atoms with Crippen molar-refractivity contribution in [2.24, 2.45) is 0 Å². The standard InChI is InChI=1S/C13H12N2O2S/c16-13(17)11-7-18-12(15-11)10-6-5-8-3-1-2-4-9(8)14-10/h1-6,11-12,15H,7H2,(H,16,17)/t11-,12?/m1/s1. The molecule has 4 nitrogen and oxygen atoms in total. The van der Waals surface area contributed by atoms with Crippen molar-refractivity contribution >= 4 is 28.6 Å². The monoisotopic (exact) mass is 260 g/mol. The second-order valence-electron chi connectivity index (χ2n) is 4.20. The highest BCUT2D eigenvalue weighted by molar-refractivity contribution is 7.99. The number of aromatic nitrogens is 1. The fourth-order valence-electron chi connectivity index (χ4n) is 2.01. The molecule has 1 saturated heterocycles.